The van der Waals surface area contributed by atoms with Crippen molar-refractivity contribution in [3.63, 3.8) is 0 Å². The number of nitrogens with two attached hydrogens (primary N) is 1. The molecule has 0 unspecified atom stereocenters. The van der Waals surface area contributed by atoms with Crippen LogP contribution in [0.25, 0.3) is 0 Å². The van der Waals surface area contributed by atoms with Crippen LogP contribution in [0, 0.1) is 6.92 Å². The highest BCUT2D eigenvalue weighted by Crippen LogP contribution is 2.03. The number of aryl methyl sites for hydroxylation is 1. The molecule has 92 valence electrons. The molecule has 0 aliphatic heterocycles. The van der Waals surface area contributed by atoms with Crippen LogP contribution < -0.4 is 5.73 Å². The van der Waals surface area contributed by atoms with Crippen molar-refractivity contribution in [2.24, 2.45) is 10.9 Å². The van der Waals surface area contributed by atoms with Crippen molar-refractivity contribution in [1.29, 1.82) is 0 Å². The molecule has 0 aliphatic rings. The quantitative estimate of drug-likeness (QED) is 0.346. The number of nitrogens with zero attached hydrogens (tertiary/aromatic N) is 3. The number of pyridine rings is 1. The van der Waals surface area contributed by atoms with Gasteiger partial charge in [0.15, 0.2) is 0 Å². The number of hydrogen-bond donors (Lipinski definition) is 2. The molecule has 1 rings (SSSR count). The molecule has 0 aliphatic carbocycles. The maximum atomic E-state index is 11.9. The van der Waals surface area contributed by atoms with E-state index < -0.39 is 0 Å². The minimum absolute atomic E-state index is 0.103. The maximum absolute atomic E-state index is 11.9. The molecule has 0 spiro atoms. The molecule has 0 saturated heterocycles. The van der Waals surface area contributed by atoms with E-state index >= 15 is 0 Å². The second-order valence-corrected chi connectivity index (χ2v) is 3.76. The molecular weight excluding hydrogens is 220 g/mol. The first kappa shape index (κ1) is 13.0. The number of rotatable bonds is 4. The van der Waals surface area contributed by atoms with E-state index in [9.17, 15) is 4.79 Å². The Hall–Kier alpha value is -2.11. The number of hydrogen-bond acceptors (Lipinski definition) is 4. The third kappa shape index (κ3) is 3.75. The van der Waals surface area contributed by atoms with Crippen molar-refractivity contribution in [3.05, 3.63) is 29.6 Å². The third-order valence-electron chi connectivity index (χ3n) is 2.34. The number of oxime groups is 1. The van der Waals surface area contributed by atoms with Gasteiger partial charge in [-0.3, -0.25) is 9.78 Å². The van der Waals surface area contributed by atoms with E-state index in [1.54, 1.807) is 19.2 Å². The van der Waals surface area contributed by atoms with Crippen molar-refractivity contribution in [2.75, 3.05) is 13.6 Å². The third-order valence-corrected chi connectivity index (χ3v) is 2.34. The van der Waals surface area contributed by atoms with Crippen molar-refractivity contribution >= 4 is 11.7 Å². The fourth-order valence-corrected chi connectivity index (χ4v) is 1.25. The largest absolute Gasteiger partial charge is 0.409 e. The van der Waals surface area contributed by atoms with E-state index in [1.807, 2.05) is 6.92 Å². The highest BCUT2D eigenvalue weighted by Gasteiger charge is 2.11. The van der Waals surface area contributed by atoms with Crippen LogP contribution in [0.3, 0.4) is 0 Å². The van der Waals surface area contributed by atoms with Gasteiger partial charge in [-0.2, -0.15) is 0 Å². The lowest BCUT2D eigenvalue weighted by Crippen LogP contribution is -2.30. The van der Waals surface area contributed by atoms with E-state index in [0.29, 0.717) is 18.5 Å². The number of carbonyl (C=O) groups excluding carboxylic acids is 1. The van der Waals surface area contributed by atoms with Crippen molar-refractivity contribution in [3.8, 4) is 0 Å². The van der Waals surface area contributed by atoms with Crippen LogP contribution in [-0.4, -0.2) is 40.4 Å². The summed E-state index contributed by atoms with van der Waals surface area (Å²) in [5, 5.41) is 11.2. The van der Waals surface area contributed by atoms with Crippen LogP contribution in [-0.2, 0) is 0 Å². The Labute approximate surface area is 99.7 Å². The normalized spacial score (nSPS) is 11.3. The molecule has 1 aromatic heterocycles. The van der Waals surface area contributed by atoms with Gasteiger partial charge < -0.3 is 15.8 Å². The predicted octanol–water partition coefficient (Wildman–Crippen LogP) is 0.599. The summed E-state index contributed by atoms with van der Waals surface area (Å²) in [4.78, 5) is 17.5. The van der Waals surface area contributed by atoms with Crippen LogP contribution in [0.4, 0.5) is 0 Å². The zero-order chi connectivity index (χ0) is 12.8. The predicted molar refractivity (Wildman–Crippen MR) is 64.0 cm³/mol. The van der Waals surface area contributed by atoms with Crippen LogP contribution in [0.15, 0.2) is 23.5 Å². The number of carbonyl (C=O) groups is 1. The number of amides is 1. The monoisotopic (exact) mass is 236 g/mol. The first-order valence-corrected chi connectivity index (χ1v) is 5.19. The molecule has 0 atom stereocenters. The first-order chi connectivity index (χ1) is 8.04. The van der Waals surface area contributed by atoms with E-state index in [0.717, 1.165) is 5.69 Å². The minimum atomic E-state index is -0.136. The zero-order valence-electron chi connectivity index (χ0n) is 9.92. The molecule has 1 heterocycles. The van der Waals surface area contributed by atoms with Gasteiger partial charge in [0.1, 0.15) is 5.84 Å². The second-order valence-electron chi connectivity index (χ2n) is 3.76. The van der Waals surface area contributed by atoms with Crippen molar-refractivity contribution in [2.45, 2.75) is 13.3 Å². The molecule has 17 heavy (non-hydrogen) atoms. The van der Waals surface area contributed by atoms with Crippen LogP contribution in [0.1, 0.15) is 22.5 Å². The van der Waals surface area contributed by atoms with E-state index in [4.69, 9.17) is 10.9 Å². The molecule has 6 heteroatoms. The number of aromatic nitrogens is 1. The molecule has 0 aromatic carbocycles. The summed E-state index contributed by atoms with van der Waals surface area (Å²) < 4.78 is 0. The van der Waals surface area contributed by atoms with Gasteiger partial charge in [0.05, 0.1) is 5.56 Å². The lowest BCUT2D eigenvalue weighted by Gasteiger charge is -2.16. The first-order valence-electron chi connectivity index (χ1n) is 5.19. The Morgan fingerprint density at radius 1 is 1.59 bits per heavy atom. The Morgan fingerprint density at radius 3 is 2.82 bits per heavy atom. The van der Waals surface area contributed by atoms with Gasteiger partial charge in [-0.25, -0.2) is 0 Å². The average Bonchev–Trinajstić information content (AvgIpc) is 2.35. The van der Waals surface area contributed by atoms with Crippen LogP contribution in [0.2, 0.25) is 0 Å². The molecule has 0 fully saturated rings. The molecular formula is C11H16N4O2. The Kier molecular flexibility index (Phi) is 4.45. The maximum Gasteiger partial charge on any atom is 0.255 e. The van der Waals surface area contributed by atoms with Gasteiger partial charge in [-0.1, -0.05) is 5.16 Å². The second kappa shape index (κ2) is 5.83. The van der Waals surface area contributed by atoms with Crippen molar-refractivity contribution in [1.82, 2.24) is 9.88 Å². The molecule has 0 saturated carbocycles. The van der Waals surface area contributed by atoms with Crippen LogP contribution >= 0.6 is 0 Å². The topological polar surface area (TPSA) is 91.8 Å². The SMILES string of the molecule is Cc1ccc(C(=O)N(C)CC/C(N)=N/O)cn1. The molecule has 0 radical (unpaired) electrons. The zero-order valence-corrected chi connectivity index (χ0v) is 9.92. The summed E-state index contributed by atoms with van der Waals surface area (Å²) in [6.45, 7) is 2.25. The minimum Gasteiger partial charge on any atom is -0.409 e. The fourth-order valence-electron chi connectivity index (χ4n) is 1.25. The Morgan fingerprint density at radius 2 is 2.29 bits per heavy atom. The summed E-state index contributed by atoms with van der Waals surface area (Å²) in [6, 6.07) is 3.51. The van der Waals surface area contributed by atoms with E-state index in [1.165, 1.54) is 11.1 Å². The lowest BCUT2D eigenvalue weighted by molar-refractivity contribution is 0.0798. The summed E-state index contributed by atoms with van der Waals surface area (Å²) in [7, 11) is 1.66. The lowest BCUT2D eigenvalue weighted by atomic mass is 10.2. The average molecular weight is 236 g/mol. The molecule has 3 N–H and O–H groups in total. The van der Waals surface area contributed by atoms with Gasteiger partial charge in [-0.05, 0) is 19.1 Å². The molecule has 1 amide bonds. The van der Waals surface area contributed by atoms with E-state index in [-0.39, 0.29) is 11.7 Å². The summed E-state index contributed by atoms with van der Waals surface area (Å²) in [5.41, 5.74) is 6.72. The van der Waals surface area contributed by atoms with Crippen molar-refractivity contribution < 1.29 is 10.0 Å². The summed E-state index contributed by atoms with van der Waals surface area (Å²) in [5.74, 6) is -0.0325. The highest BCUT2D eigenvalue weighted by molar-refractivity contribution is 5.94. The van der Waals surface area contributed by atoms with Crippen LogP contribution in [0.5, 0.6) is 0 Å². The highest BCUT2D eigenvalue weighted by atomic mass is 16.4. The summed E-state index contributed by atoms with van der Waals surface area (Å²) in [6.07, 6.45) is 1.87. The van der Waals surface area contributed by atoms with E-state index in [2.05, 4.69) is 10.1 Å². The molecule has 6 nitrogen and oxygen atoms in total. The Bertz CT molecular complexity index is 414. The standard InChI is InChI=1S/C11H16N4O2/c1-8-3-4-9(7-13-8)11(16)15(2)6-5-10(12)14-17/h3-4,7,17H,5-6H2,1-2H3,(H2,12,14). The Balaban J connectivity index is 2.60. The van der Waals surface area contributed by atoms with Gasteiger partial charge in [0.2, 0.25) is 0 Å². The number of amidine groups is 1. The van der Waals surface area contributed by atoms with Gasteiger partial charge >= 0.3 is 0 Å². The fraction of sp³-hybridized carbons (Fsp3) is 0.364. The molecule has 1 aromatic rings. The van der Waals surface area contributed by atoms with Gasteiger partial charge in [-0.15, -0.1) is 0 Å². The summed E-state index contributed by atoms with van der Waals surface area (Å²) >= 11 is 0. The molecule has 0 bridgehead atoms. The van der Waals surface area contributed by atoms with Gasteiger partial charge in [0, 0.05) is 31.9 Å². The smallest absolute Gasteiger partial charge is 0.255 e. The van der Waals surface area contributed by atoms with Gasteiger partial charge in [0.25, 0.3) is 5.91 Å².